The van der Waals surface area contributed by atoms with Gasteiger partial charge in [0, 0.05) is 5.56 Å². The fourth-order valence-electron chi connectivity index (χ4n) is 1.51. The largest absolute Gasteiger partial charge is 0.462 e. The molecule has 1 aromatic heterocycles. The number of nitrogens with zero attached hydrogens (tertiary/aromatic N) is 1. The Morgan fingerprint density at radius 2 is 2.22 bits per heavy atom. The third-order valence-electron chi connectivity index (χ3n) is 2.23. The van der Waals surface area contributed by atoms with E-state index in [2.05, 4.69) is 4.98 Å². The van der Waals surface area contributed by atoms with Gasteiger partial charge in [-0.05, 0) is 13.0 Å². The van der Waals surface area contributed by atoms with E-state index in [1.54, 1.807) is 19.1 Å². The lowest BCUT2D eigenvalue weighted by Crippen LogP contribution is -2.04. The van der Waals surface area contributed by atoms with Crippen LogP contribution in [0, 0.1) is 0 Å². The minimum atomic E-state index is -0.429. The van der Waals surface area contributed by atoms with E-state index in [0.717, 1.165) is 11.3 Å². The summed E-state index contributed by atoms with van der Waals surface area (Å²) in [6, 6.07) is 7.16. The first-order valence-electron chi connectivity index (χ1n) is 5.31. The van der Waals surface area contributed by atoms with Crippen molar-refractivity contribution in [2.75, 3.05) is 12.3 Å². The first kappa shape index (κ1) is 12.9. The normalized spacial score (nSPS) is 10.3. The zero-order valence-electron chi connectivity index (χ0n) is 9.64. The van der Waals surface area contributed by atoms with Gasteiger partial charge in [0.05, 0.1) is 17.3 Å². The molecule has 0 bridgehead atoms. The summed E-state index contributed by atoms with van der Waals surface area (Å²) in [6.07, 6.45) is 0. The topological polar surface area (TPSA) is 65.2 Å². The highest BCUT2D eigenvalue weighted by Gasteiger charge is 2.20. The average molecular weight is 283 g/mol. The molecule has 0 saturated carbocycles. The monoisotopic (exact) mass is 282 g/mol. The number of aromatic nitrogens is 1. The molecule has 0 radical (unpaired) electrons. The molecule has 0 spiro atoms. The zero-order chi connectivity index (χ0) is 13.1. The Bertz CT molecular complexity index is 583. The summed E-state index contributed by atoms with van der Waals surface area (Å²) in [5, 5.41) is 0.835. The number of nitrogens with two attached hydrogens (primary N) is 1. The molecule has 1 heterocycles. The van der Waals surface area contributed by atoms with Gasteiger partial charge in [-0.3, -0.25) is 0 Å². The molecular formula is C12H11ClN2O2S. The number of hydrogen-bond donors (Lipinski definition) is 1. The third-order valence-corrected chi connectivity index (χ3v) is 3.43. The van der Waals surface area contributed by atoms with E-state index in [1.165, 1.54) is 0 Å². The summed E-state index contributed by atoms with van der Waals surface area (Å²) in [5.74, 6) is -0.429. The van der Waals surface area contributed by atoms with Crippen LogP contribution in [0.15, 0.2) is 24.3 Å². The van der Waals surface area contributed by atoms with Gasteiger partial charge in [0.15, 0.2) is 5.13 Å². The fourth-order valence-corrected chi connectivity index (χ4v) is 2.47. The Morgan fingerprint density at radius 3 is 2.89 bits per heavy atom. The number of esters is 1. The lowest BCUT2D eigenvalue weighted by molar-refractivity contribution is 0.0532. The molecule has 94 valence electrons. The molecule has 0 atom stereocenters. The van der Waals surface area contributed by atoms with Crippen LogP contribution in [0.3, 0.4) is 0 Å². The summed E-state index contributed by atoms with van der Waals surface area (Å²) in [6.45, 7) is 2.05. The number of anilines is 1. The van der Waals surface area contributed by atoms with E-state index < -0.39 is 5.97 Å². The number of hydrogen-bond acceptors (Lipinski definition) is 5. The summed E-state index contributed by atoms with van der Waals surface area (Å²) in [4.78, 5) is 16.3. The number of benzene rings is 1. The van der Waals surface area contributed by atoms with E-state index in [9.17, 15) is 4.79 Å². The fraction of sp³-hybridized carbons (Fsp3) is 0.167. The Balaban J connectivity index is 2.51. The minimum Gasteiger partial charge on any atom is -0.462 e. The van der Waals surface area contributed by atoms with Crippen molar-refractivity contribution in [1.82, 2.24) is 4.98 Å². The maximum atomic E-state index is 11.8. The summed E-state index contributed by atoms with van der Waals surface area (Å²) < 4.78 is 4.98. The standard InChI is InChI=1S/C12H11ClN2O2S/c1-2-17-11(16)10-9(15-12(14)18-10)7-5-3-4-6-8(7)13/h3-6H,2H2,1H3,(H2,14,15). The third kappa shape index (κ3) is 2.47. The second-order valence-corrected chi connectivity index (χ2v) is 4.87. The molecule has 18 heavy (non-hydrogen) atoms. The molecule has 1 aromatic carbocycles. The van der Waals surface area contributed by atoms with E-state index in [4.69, 9.17) is 22.1 Å². The molecule has 4 nitrogen and oxygen atoms in total. The van der Waals surface area contributed by atoms with E-state index >= 15 is 0 Å². The molecule has 0 amide bonds. The van der Waals surface area contributed by atoms with Crippen molar-refractivity contribution in [1.29, 1.82) is 0 Å². The molecule has 2 rings (SSSR count). The average Bonchev–Trinajstić information content (AvgIpc) is 2.72. The van der Waals surface area contributed by atoms with Crippen LogP contribution in [-0.4, -0.2) is 17.6 Å². The number of nitrogen functional groups attached to an aromatic ring is 1. The molecule has 0 aliphatic carbocycles. The van der Waals surface area contributed by atoms with E-state index in [0.29, 0.717) is 32.9 Å². The second-order valence-electron chi connectivity index (χ2n) is 3.43. The highest BCUT2D eigenvalue weighted by Crippen LogP contribution is 2.34. The Hall–Kier alpha value is -1.59. The van der Waals surface area contributed by atoms with Crippen molar-refractivity contribution >= 4 is 34.0 Å². The van der Waals surface area contributed by atoms with Crippen molar-refractivity contribution in [3.05, 3.63) is 34.2 Å². The molecule has 2 aromatic rings. The van der Waals surface area contributed by atoms with Crippen molar-refractivity contribution in [3.63, 3.8) is 0 Å². The van der Waals surface area contributed by atoms with Gasteiger partial charge >= 0.3 is 5.97 Å². The first-order valence-corrected chi connectivity index (χ1v) is 6.51. The van der Waals surface area contributed by atoms with Crippen LogP contribution >= 0.6 is 22.9 Å². The van der Waals surface area contributed by atoms with Gasteiger partial charge in [0.2, 0.25) is 0 Å². The van der Waals surface area contributed by atoms with Crippen LogP contribution in [0.1, 0.15) is 16.6 Å². The molecule has 0 saturated heterocycles. The predicted molar refractivity (Wildman–Crippen MR) is 72.9 cm³/mol. The molecule has 0 aliphatic rings. The molecule has 2 N–H and O–H groups in total. The van der Waals surface area contributed by atoms with Crippen molar-refractivity contribution in [3.8, 4) is 11.3 Å². The maximum absolute atomic E-state index is 11.8. The van der Waals surface area contributed by atoms with Crippen molar-refractivity contribution in [2.45, 2.75) is 6.92 Å². The summed E-state index contributed by atoms with van der Waals surface area (Å²) in [5.41, 5.74) is 6.81. The number of thiazole rings is 1. The Morgan fingerprint density at radius 1 is 1.50 bits per heavy atom. The number of halogens is 1. The minimum absolute atomic E-state index is 0.304. The van der Waals surface area contributed by atoms with Crippen LogP contribution < -0.4 is 5.73 Å². The lowest BCUT2D eigenvalue weighted by Gasteiger charge is -2.03. The Labute approximate surface area is 113 Å². The molecule has 0 fully saturated rings. The van der Waals surface area contributed by atoms with Gasteiger partial charge < -0.3 is 10.5 Å². The van der Waals surface area contributed by atoms with Gasteiger partial charge in [-0.15, -0.1) is 0 Å². The van der Waals surface area contributed by atoms with Gasteiger partial charge in [-0.2, -0.15) is 0 Å². The number of rotatable bonds is 3. The first-order chi connectivity index (χ1) is 8.63. The van der Waals surface area contributed by atoms with Crippen LogP contribution in [0.4, 0.5) is 5.13 Å². The van der Waals surface area contributed by atoms with Crippen LogP contribution in [0.25, 0.3) is 11.3 Å². The Kier molecular flexibility index (Phi) is 3.84. The second kappa shape index (κ2) is 5.37. The quantitative estimate of drug-likeness (QED) is 0.878. The van der Waals surface area contributed by atoms with Gasteiger partial charge in [-0.25, -0.2) is 9.78 Å². The van der Waals surface area contributed by atoms with Crippen molar-refractivity contribution < 1.29 is 9.53 Å². The summed E-state index contributed by atoms with van der Waals surface area (Å²) in [7, 11) is 0. The van der Waals surface area contributed by atoms with E-state index in [-0.39, 0.29) is 0 Å². The van der Waals surface area contributed by atoms with Gasteiger partial charge in [0.25, 0.3) is 0 Å². The number of carbonyl (C=O) groups is 1. The molecule has 6 heteroatoms. The number of carbonyl (C=O) groups excluding carboxylic acids is 1. The van der Waals surface area contributed by atoms with Gasteiger partial charge in [-0.1, -0.05) is 41.1 Å². The highest BCUT2D eigenvalue weighted by molar-refractivity contribution is 7.17. The summed E-state index contributed by atoms with van der Waals surface area (Å²) >= 11 is 7.19. The van der Waals surface area contributed by atoms with Crippen molar-refractivity contribution in [2.24, 2.45) is 0 Å². The number of ether oxygens (including phenoxy) is 1. The van der Waals surface area contributed by atoms with E-state index in [1.807, 2.05) is 12.1 Å². The van der Waals surface area contributed by atoms with Crippen LogP contribution in [0.2, 0.25) is 5.02 Å². The zero-order valence-corrected chi connectivity index (χ0v) is 11.2. The molecular weight excluding hydrogens is 272 g/mol. The predicted octanol–water partition coefficient (Wildman–Crippen LogP) is 3.22. The maximum Gasteiger partial charge on any atom is 0.350 e. The molecule has 0 aliphatic heterocycles. The highest BCUT2D eigenvalue weighted by atomic mass is 35.5. The van der Waals surface area contributed by atoms with Crippen LogP contribution in [-0.2, 0) is 4.74 Å². The SMILES string of the molecule is CCOC(=O)c1sc(N)nc1-c1ccccc1Cl. The lowest BCUT2D eigenvalue weighted by atomic mass is 10.1. The van der Waals surface area contributed by atoms with Crippen LogP contribution in [0.5, 0.6) is 0 Å². The van der Waals surface area contributed by atoms with Gasteiger partial charge in [0.1, 0.15) is 4.88 Å². The smallest absolute Gasteiger partial charge is 0.350 e. The molecule has 0 unspecified atom stereocenters.